The van der Waals surface area contributed by atoms with Gasteiger partial charge in [-0.1, -0.05) is 70.1 Å². The lowest BCUT2D eigenvalue weighted by Gasteiger charge is -2.00. The van der Waals surface area contributed by atoms with Gasteiger partial charge in [-0.2, -0.15) is 0 Å². The Hall–Kier alpha value is -1.04. The van der Waals surface area contributed by atoms with Crippen LogP contribution in [0.25, 0.3) is 0 Å². The Morgan fingerprint density at radius 1 is 1.00 bits per heavy atom. The quantitative estimate of drug-likeness (QED) is 0.482. The van der Waals surface area contributed by atoms with Crippen molar-refractivity contribution in [3.8, 4) is 0 Å². The summed E-state index contributed by atoms with van der Waals surface area (Å²) in [6.45, 7) is 0. The second kappa shape index (κ2) is 9.87. The highest BCUT2D eigenvalue weighted by Gasteiger charge is 1.99. The topological polar surface area (TPSA) is 17.1 Å². The highest BCUT2D eigenvalue weighted by Crippen LogP contribution is 2.26. The van der Waals surface area contributed by atoms with Gasteiger partial charge in [0.25, 0.3) is 0 Å². The summed E-state index contributed by atoms with van der Waals surface area (Å²) in [6, 6.07) is 16.4. The van der Waals surface area contributed by atoms with Gasteiger partial charge < -0.3 is 0 Å². The van der Waals surface area contributed by atoms with E-state index in [0.717, 1.165) is 16.9 Å². The van der Waals surface area contributed by atoms with Gasteiger partial charge in [0.2, 0.25) is 0 Å². The molecule has 1 unspecified atom stereocenters. The molecule has 0 saturated heterocycles. The van der Waals surface area contributed by atoms with Gasteiger partial charge in [-0.3, -0.25) is 4.21 Å². The van der Waals surface area contributed by atoms with Gasteiger partial charge in [-0.05, 0) is 28.7 Å². The van der Waals surface area contributed by atoms with Crippen molar-refractivity contribution in [2.24, 2.45) is 0 Å². The third kappa shape index (κ3) is 6.81. The number of benzene rings is 2. The molecule has 116 valence electrons. The first-order valence-corrected chi connectivity index (χ1v) is 10.7. The molecule has 1 atom stereocenters. The monoisotopic (exact) mass is 352 g/mol. The first kappa shape index (κ1) is 17.3. The van der Waals surface area contributed by atoms with Crippen LogP contribution >= 0.6 is 21.6 Å². The third-order valence-electron chi connectivity index (χ3n) is 2.81. The first-order chi connectivity index (χ1) is 10.7. The lowest BCUT2D eigenvalue weighted by atomic mass is 10.2. The van der Waals surface area contributed by atoms with E-state index in [4.69, 9.17) is 0 Å². The van der Waals surface area contributed by atoms with E-state index in [1.165, 1.54) is 12.1 Å². The largest absolute Gasteiger partial charge is 0.259 e. The fourth-order valence-corrected chi connectivity index (χ4v) is 4.58. The molecule has 5 heteroatoms. The van der Waals surface area contributed by atoms with Crippen LogP contribution in [0.1, 0.15) is 11.1 Å². The molecule has 0 saturated carbocycles. The Labute approximate surface area is 141 Å². The van der Waals surface area contributed by atoms with Crippen LogP contribution in [0.4, 0.5) is 4.39 Å². The molecule has 2 aromatic carbocycles. The Morgan fingerprint density at radius 3 is 2.45 bits per heavy atom. The predicted molar refractivity (Wildman–Crippen MR) is 97.6 cm³/mol. The molecule has 0 N–H and O–H groups in total. The first-order valence-electron chi connectivity index (χ1n) is 6.80. The van der Waals surface area contributed by atoms with Crippen molar-refractivity contribution in [1.29, 1.82) is 0 Å². The van der Waals surface area contributed by atoms with Crippen molar-refractivity contribution in [3.05, 3.63) is 83.0 Å². The minimum atomic E-state index is -0.866. The van der Waals surface area contributed by atoms with Crippen LogP contribution in [0.3, 0.4) is 0 Å². The van der Waals surface area contributed by atoms with Crippen molar-refractivity contribution in [1.82, 2.24) is 0 Å². The van der Waals surface area contributed by atoms with E-state index in [1.54, 1.807) is 33.7 Å². The standard InChI is InChI=1S/C17H17FOS3/c18-17-9-7-15(8-10-17)13-21-20-11-4-12-22(19)14-16-5-2-1-3-6-16/h1-11H,12-14H2/b11-4+. The van der Waals surface area contributed by atoms with Gasteiger partial charge in [-0.25, -0.2) is 4.39 Å². The molecule has 0 fully saturated rings. The van der Waals surface area contributed by atoms with E-state index in [2.05, 4.69) is 0 Å². The van der Waals surface area contributed by atoms with Gasteiger partial charge in [0.15, 0.2) is 0 Å². The van der Waals surface area contributed by atoms with Crippen molar-refractivity contribution in [3.63, 3.8) is 0 Å². The average molecular weight is 353 g/mol. The molecule has 22 heavy (non-hydrogen) atoms. The van der Waals surface area contributed by atoms with Gasteiger partial charge in [0.05, 0.1) is 0 Å². The van der Waals surface area contributed by atoms with Crippen molar-refractivity contribution < 1.29 is 8.60 Å². The summed E-state index contributed by atoms with van der Waals surface area (Å²) in [7, 11) is 2.42. The Bertz CT molecular complexity index is 612. The number of hydrogen-bond donors (Lipinski definition) is 0. The van der Waals surface area contributed by atoms with Gasteiger partial charge in [-0.15, -0.1) is 0 Å². The molecule has 0 aromatic heterocycles. The fourth-order valence-electron chi connectivity index (χ4n) is 1.73. The molecule has 0 amide bonds. The summed E-state index contributed by atoms with van der Waals surface area (Å²) in [5.41, 5.74) is 2.20. The Balaban J connectivity index is 1.61. The number of halogens is 1. The van der Waals surface area contributed by atoms with Crippen LogP contribution < -0.4 is 0 Å². The zero-order valence-electron chi connectivity index (χ0n) is 12.0. The van der Waals surface area contributed by atoms with E-state index in [1.807, 2.05) is 41.8 Å². The molecule has 0 spiro atoms. The molecular formula is C17H17FOS3. The third-order valence-corrected chi connectivity index (χ3v) is 6.02. The maximum absolute atomic E-state index is 12.8. The van der Waals surface area contributed by atoms with Crippen molar-refractivity contribution in [2.75, 3.05) is 5.75 Å². The number of hydrogen-bond acceptors (Lipinski definition) is 3. The molecule has 1 nitrogen and oxygen atoms in total. The van der Waals surface area contributed by atoms with E-state index in [-0.39, 0.29) is 5.82 Å². The zero-order chi connectivity index (χ0) is 15.6. The van der Waals surface area contributed by atoms with E-state index >= 15 is 0 Å². The summed E-state index contributed by atoms with van der Waals surface area (Å²) in [5.74, 6) is 1.78. The average Bonchev–Trinajstić information content (AvgIpc) is 2.53. The Morgan fingerprint density at radius 2 is 1.73 bits per heavy atom. The van der Waals surface area contributed by atoms with E-state index < -0.39 is 10.8 Å². The van der Waals surface area contributed by atoms with Crippen LogP contribution in [0.2, 0.25) is 0 Å². The summed E-state index contributed by atoms with van der Waals surface area (Å²) >= 11 is 0. The van der Waals surface area contributed by atoms with Crippen molar-refractivity contribution >= 4 is 32.4 Å². The summed E-state index contributed by atoms with van der Waals surface area (Å²) in [4.78, 5) is 0. The molecule has 2 rings (SSSR count). The SMILES string of the molecule is O=S(C/C=C/SSCc1ccc(F)cc1)Cc1ccccc1. The zero-order valence-corrected chi connectivity index (χ0v) is 14.4. The smallest absolute Gasteiger partial charge is 0.123 e. The summed E-state index contributed by atoms with van der Waals surface area (Å²) in [5, 5.41) is 1.97. The Kier molecular flexibility index (Phi) is 7.77. The lowest BCUT2D eigenvalue weighted by molar-refractivity contribution is 0.627. The second-order valence-electron chi connectivity index (χ2n) is 4.59. The van der Waals surface area contributed by atoms with Crippen LogP contribution in [0, 0.1) is 5.82 Å². The van der Waals surface area contributed by atoms with Gasteiger partial charge in [0.1, 0.15) is 5.82 Å². The molecule has 0 heterocycles. The van der Waals surface area contributed by atoms with Gasteiger partial charge >= 0.3 is 0 Å². The van der Waals surface area contributed by atoms with Crippen LogP contribution in [0.5, 0.6) is 0 Å². The second-order valence-corrected chi connectivity index (χ2v) is 8.37. The number of rotatable bonds is 8. The van der Waals surface area contributed by atoms with Crippen molar-refractivity contribution in [2.45, 2.75) is 11.5 Å². The summed E-state index contributed by atoms with van der Waals surface area (Å²) in [6.07, 6.45) is 1.95. The highest BCUT2D eigenvalue weighted by atomic mass is 33.1. The van der Waals surface area contributed by atoms with E-state index in [9.17, 15) is 8.60 Å². The predicted octanol–water partition coefficient (Wildman–Crippen LogP) is 5.17. The molecular weight excluding hydrogens is 335 g/mol. The van der Waals surface area contributed by atoms with Crippen LogP contribution in [-0.2, 0) is 22.3 Å². The molecule has 0 aliphatic rings. The maximum atomic E-state index is 12.8. The molecule has 0 aliphatic heterocycles. The molecule has 2 aromatic rings. The molecule has 0 radical (unpaired) electrons. The fraction of sp³-hybridized carbons (Fsp3) is 0.176. The highest BCUT2D eigenvalue weighted by molar-refractivity contribution is 8.77. The van der Waals surface area contributed by atoms with Gasteiger partial charge in [0, 0.05) is 28.1 Å². The lowest BCUT2D eigenvalue weighted by Crippen LogP contribution is -1.98. The normalized spacial score (nSPS) is 12.6. The van der Waals surface area contributed by atoms with Crippen LogP contribution in [-0.4, -0.2) is 9.96 Å². The minimum absolute atomic E-state index is 0.206. The van der Waals surface area contributed by atoms with Crippen LogP contribution in [0.15, 0.2) is 66.1 Å². The maximum Gasteiger partial charge on any atom is 0.123 e. The molecule has 0 bridgehead atoms. The van der Waals surface area contributed by atoms with E-state index in [0.29, 0.717) is 11.5 Å². The minimum Gasteiger partial charge on any atom is -0.259 e. The summed E-state index contributed by atoms with van der Waals surface area (Å²) < 4.78 is 24.7. The molecule has 0 aliphatic carbocycles.